The number of carbonyl (C=O) groups is 1. The second kappa shape index (κ2) is 5.86. The molecule has 6 heteroatoms. The van der Waals surface area contributed by atoms with E-state index in [-0.39, 0.29) is 11.0 Å². The van der Waals surface area contributed by atoms with Crippen molar-refractivity contribution in [2.24, 2.45) is 0 Å². The minimum Gasteiger partial charge on any atom is -0.383 e. The maximum Gasteiger partial charge on any atom is 0.256 e. The van der Waals surface area contributed by atoms with Crippen molar-refractivity contribution >= 4 is 28.4 Å². The fourth-order valence-corrected chi connectivity index (χ4v) is 1.90. The van der Waals surface area contributed by atoms with Gasteiger partial charge in [-0.1, -0.05) is 11.6 Å². The van der Waals surface area contributed by atoms with Crippen LogP contribution in [0.2, 0.25) is 5.02 Å². The van der Waals surface area contributed by atoms with Gasteiger partial charge in [0.15, 0.2) is 0 Å². The van der Waals surface area contributed by atoms with Crippen molar-refractivity contribution in [3.8, 4) is 0 Å². The van der Waals surface area contributed by atoms with E-state index >= 15 is 0 Å². The molecular formula is C13H13ClN2O3. The van der Waals surface area contributed by atoms with Crippen LogP contribution in [0.15, 0.2) is 29.2 Å². The van der Waals surface area contributed by atoms with Gasteiger partial charge in [-0.15, -0.1) is 0 Å². The number of aromatic amines is 1. The fourth-order valence-electron chi connectivity index (χ4n) is 1.72. The highest BCUT2D eigenvalue weighted by Crippen LogP contribution is 2.14. The molecule has 1 amide bonds. The second-order valence-corrected chi connectivity index (χ2v) is 4.41. The third-order valence-corrected chi connectivity index (χ3v) is 2.91. The van der Waals surface area contributed by atoms with Crippen LogP contribution in [0, 0.1) is 0 Å². The summed E-state index contributed by atoms with van der Waals surface area (Å²) in [5.74, 6) is -0.421. The Labute approximate surface area is 114 Å². The summed E-state index contributed by atoms with van der Waals surface area (Å²) in [7, 11) is 1.54. The lowest BCUT2D eigenvalue weighted by atomic mass is 10.1. The number of fused-ring (bicyclic) bond motifs is 1. The summed E-state index contributed by atoms with van der Waals surface area (Å²) >= 11 is 5.84. The van der Waals surface area contributed by atoms with E-state index in [1.165, 1.54) is 6.20 Å². The highest BCUT2D eigenvalue weighted by molar-refractivity contribution is 6.31. The number of ether oxygens (including phenoxy) is 1. The van der Waals surface area contributed by atoms with E-state index in [1.54, 1.807) is 25.3 Å². The van der Waals surface area contributed by atoms with Crippen molar-refractivity contribution in [3.63, 3.8) is 0 Å². The minimum atomic E-state index is -0.421. The van der Waals surface area contributed by atoms with Crippen LogP contribution in [0.25, 0.3) is 10.9 Å². The van der Waals surface area contributed by atoms with Crippen LogP contribution in [0.1, 0.15) is 10.4 Å². The summed E-state index contributed by atoms with van der Waals surface area (Å²) in [6.07, 6.45) is 1.39. The molecule has 0 aliphatic rings. The van der Waals surface area contributed by atoms with Crippen molar-refractivity contribution < 1.29 is 9.53 Å². The Hall–Kier alpha value is -1.85. The molecule has 1 aromatic heterocycles. The largest absolute Gasteiger partial charge is 0.383 e. The van der Waals surface area contributed by atoms with Gasteiger partial charge in [0, 0.05) is 30.3 Å². The van der Waals surface area contributed by atoms with Gasteiger partial charge < -0.3 is 15.0 Å². The van der Waals surface area contributed by atoms with Crippen LogP contribution < -0.4 is 10.7 Å². The van der Waals surface area contributed by atoms with Crippen LogP contribution >= 0.6 is 11.6 Å². The molecule has 0 atom stereocenters. The van der Waals surface area contributed by atoms with Crippen molar-refractivity contribution in [2.45, 2.75) is 0 Å². The number of hydrogen-bond acceptors (Lipinski definition) is 3. The molecule has 0 aliphatic carbocycles. The average Bonchev–Trinajstić information content (AvgIpc) is 2.39. The van der Waals surface area contributed by atoms with Crippen LogP contribution in [0.3, 0.4) is 0 Å². The maximum absolute atomic E-state index is 12.2. The molecule has 19 heavy (non-hydrogen) atoms. The topological polar surface area (TPSA) is 71.2 Å². The van der Waals surface area contributed by atoms with Crippen LogP contribution in [-0.2, 0) is 4.74 Å². The first-order chi connectivity index (χ1) is 9.13. The van der Waals surface area contributed by atoms with E-state index in [2.05, 4.69) is 10.3 Å². The van der Waals surface area contributed by atoms with Gasteiger partial charge in [0.25, 0.3) is 5.91 Å². The fraction of sp³-hybridized carbons (Fsp3) is 0.231. The van der Waals surface area contributed by atoms with E-state index in [0.29, 0.717) is 29.1 Å². The van der Waals surface area contributed by atoms with Gasteiger partial charge in [-0.25, -0.2) is 0 Å². The number of aromatic nitrogens is 1. The zero-order valence-corrected chi connectivity index (χ0v) is 11.1. The summed E-state index contributed by atoms with van der Waals surface area (Å²) in [6.45, 7) is 0.750. The number of nitrogens with one attached hydrogen (secondary N) is 2. The standard InChI is InChI=1S/C13H13ClN2O3/c1-19-5-4-15-13(18)10-7-16-11-6-8(14)2-3-9(11)12(10)17/h2-3,6-7H,4-5H2,1H3,(H,15,18)(H,16,17). The van der Waals surface area contributed by atoms with E-state index < -0.39 is 5.91 Å². The summed E-state index contributed by atoms with van der Waals surface area (Å²) in [5.41, 5.74) is 0.359. The lowest BCUT2D eigenvalue weighted by molar-refractivity contribution is 0.0936. The molecule has 0 bridgehead atoms. The van der Waals surface area contributed by atoms with E-state index in [9.17, 15) is 9.59 Å². The van der Waals surface area contributed by atoms with Crippen molar-refractivity contribution in [2.75, 3.05) is 20.3 Å². The third-order valence-electron chi connectivity index (χ3n) is 2.68. The highest BCUT2D eigenvalue weighted by Gasteiger charge is 2.12. The lowest BCUT2D eigenvalue weighted by Gasteiger charge is -2.05. The van der Waals surface area contributed by atoms with Gasteiger partial charge in [-0.3, -0.25) is 9.59 Å². The lowest BCUT2D eigenvalue weighted by Crippen LogP contribution is -2.31. The molecule has 0 unspecified atom stereocenters. The number of H-pyrrole nitrogens is 1. The van der Waals surface area contributed by atoms with E-state index in [1.807, 2.05) is 0 Å². The first-order valence-corrected chi connectivity index (χ1v) is 6.09. The van der Waals surface area contributed by atoms with Crippen LogP contribution in [0.4, 0.5) is 0 Å². The Kier molecular flexibility index (Phi) is 4.19. The summed E-state index contributed by atoms with van der Waals surface area (Å²) in [5, 5.41) is 3.57. The number of hydrogen-bond donors (Lipinski definition) is 2. The smallest absolute Gasteiger partial charge is 0.256 e. The van der Waals surface area contributed by atoms with Gasteiger partial charge in [-0.2, -0.15) is 0 Å². The number of halogens is 1. The zero-order valence-electron chi connectivity index (χ0n) is 10.3. The van der Waals surface area contributed by atoms with Gasteiger partial charge >= 0.3 is 0 Å². The van der Waals surface area contributed by atoms with E-state index in [4.69, 9.17) is 16.3 Å². The molecule has 0 radical (unpaired) electrons. The minimum absolute atomic E-state index is 0.0749. The first-order valence-electron chi connectivity index (χ1n) is 5.71. The summed E-state index contributed by atoms with van der Waals surface area (Å²) in [6, 6.07) is 4.86. The number of rotatable bonds is 4. The molecule has 5 nitrogen and oxygen atoms in total. The summed E-state index contributed by atoms with van der Waals surface area (Å²) in [4.78, 5) is 26.9. The molecule has 0 saturated carbocycles. The number of methoxy groups -OCH3 is 1. The Morgan fingerprint density at radius 2 is 2.26 bits per heavy atom. The highest BCUT2D eigenvalue weighted by atomic mass is 35.5. The predicted molar refractivity (Wildman–Crippen MR) is 73.8 cm³/mol. The molecule has 0 spiro atoms. The quantitative estimate of drug-likeness (QED) is 0.835. The Morgan fingerprint density at radius 3 is 3.00 bits per heavy atom. The normalized spacial score (nSPS) is 10.6. The van der Waals surface area contributed by atoms with Gasteiger partial charge in [-0.05, 0) is 18.2 Å². The zero-order chi connectivity index (χ0) is 13.8. The predicted octanol–water partition coefficient (Wildman–Crippen LogP) is 1.56. The number of pyridine rings is 1. The molecule has 2 rings (SSSR count). The number of carbonyl (C=O) groups excluding carboxylic acids is 1. The molecule has 0 aliphatic heterocycles. The van der Waals surface area contributed by atoms with Crippen LogP contribution in [-0.4, -0.2) is 31.2 Å². The summed E-state index contributed by atoms with van der Waals surface area (Å²) < 4.78 is 4.83. The van der Waals surface area contributed by atoms with Crippen molar-refractivity contribution in [1.29, 1.82) is 0 Å². The molecule has 1 heterocycles. The van der Waals surface area contributed by atoms with Crippen molar-refractivity contribution in [3.05, 3.63) is 45.2 Å². The second-order valence-electron chi connectivity index (χ2n) is 3.97. The van der Waals surface area contributed by atoms with E-state index in [0.717, 1.165) is 0 Å². The van der Waals surface area contributed by atoms with Gasteiger partial charge in [0.05, 0.1) is 12.1 Å². The molecular weight excluding hydrogens is 268 g/mol. The van der Waals surface area contributed by atoms with Crippen molar-refractivity contribution in [1.82, 2.24) is 10.3 Å². The van der Waals surface area contributed by atoms with Gasteiger partial charge in [0.2, 0.25) is 5.43 Å². The maximum atomic E-state index is 12.2. The number of amides is 1. The molecule has 100 valence electrons. The Morgan fingerprint density at radius 1 is 1.47 bits per heavy atom. The SMILES string of the molecule is COCCNC(=O)c1c[nH]c2cc(Cl)ccc2c1=O. The number of benzene rings is 1. The monoisotopic (exact) mass is 280 g/mol. The Bertz CT molecular complexity index is 666. The average molecular weight is 281 g/mol. The molecule has 1 aromatic carbocycles. The first kappa shape index (κ1) is 13.6. The van der Waals surface area contributed by atoms with Crippen LogP contribution in [0.5, 0.6) is 0 Å². The third kappa shape index (κ3) is 2.94. The molecule has 2 N–H and O–H groups in total. The van der Waals surface area contributed by atoms with Gasteiger partial charge in [0.1, 0.15) is 5.56 Å². The molecule has 0 saturated heterocycles. The molecule has 0 fully saturated rings. The molecule has 2 aromatic rings. The Balaban J connectivity index is 2.35.